The van der Waals surface area contributed by atoms with Crippen LogP contribution in [0, 0.1) is 10.1 Å². The molecule has 0 spiro atoms. The summed E-state index contributed by atoms with van der Waals surface area (Å²) >= 11 is 0.971. The second-order valence-corrected chi connectivity index (χ2v) is 10.6. The van der Waals surface area contributed by atoms with Crippen molar-refractivity contribution in [2.24, 2.45) is 5.16 Å². The van der Waals surface area contributed by atoms with Crippen LogP contribution in [0.5, 0.6) is 0 Å². The Bertz CT molecular complexity index is 1410. The van der Waals surface area contributed by atoms with Gasteiger partial charge >= 0.3 is 45.8 Å². The van der Waals surface area contributed by atoms with Crippen molar-refractivity contribution in [1.82, 2.24) is 14.6 Å². The van der Waals surface area contributed by atoms with Gasteiger partial charge in [-0.25, -0.2) is 14.1 Å². The minimum atomic E-state index is -4.80. The van der Waals surface area contributed by atoms with Crippen LogP contribution in [0.4, 0.5) is 10.8 Å². The van der Waals surface area contributed by atoms with Crippen molar-refractivity contribution < 1.29 is 71.4 Å². The van der Waals surface area contributed by atoms with Gasteiger partial charge in [-0.2, -0.15) is 8.42 Å². The number of aromatic nitrogens is 1. The van der Waals surface area contributed by atoms with Crippen LogP contribution in [0.1, 0.15) is 32.0 Å². The van der Waals surface area contributed by atoms with E-state index in [0.717, 1.165) is 11.3 Å². The molecule has 1 aromatic heterocycles. The van der Waals surface area contributed by atoms with Gasteiger partial charge in [0.2, 0.25) is 5.60 Å². The molecular formula is C20H22N6NaO10S2+. The summed E-state index contributed by atoms with van der Waals surface area (Å²) in [6.45, 7) is 3.68. The first-order chi connectivity index (χ1) is 17.6. The number of carbonyl (C=O) groups excluding carboxylic acids is 3. The molecule has 204 valence electrons. The van der Waals surface area contributed by atoms with E-state index in [-0.39, 0.29) is 57.0 Å². The third kappa shape index (κ3) is 7.49. The monoisotopic (exact) mass is 593 g/mol. The molecular weight excluding hydrogens is 571 g/mol. The zero-order valence-corrected chi connectivity index (χ0v) is 24.7. The van der Waals surface area contributed by atoms with Crippen molar-refractivity contribution in [3.63, 3.8) is 0 Å². The molecule has 0 saturated carbocycles. The molecule has 2 aromatic rings. The van der Waals surface area contributed by atoms with E-state index in [2.05, 4.69) is 15.5 Å². The topological polar surface area (TPSA) is 234 Å². The molecule has 2 heterocycles. The number of thiazole rings is 1. The van der Waals surface area contributed by atoms with Crippen LogP contribution in [0.25, 0.3) is 0 Å². The first-order valence-electron chi connectivity index (χ1n) is 10.6. The fourth-order valence-corrected chi connectivity index (χ4v) is 4.58. The van der Waals surface area contributed by atoms with Crippen molar-refractivity contribution in [3.8, 4) is 0 Å². The Hall–Kier alpha value is -3.16. The Morgan fingerprint density at radius 3 is 2.44 bits per heavy atom. The maximum absolute atomic E-state index is 12.9. The number of esters is 1. The average Bonchev–Trinajstić information content (AvgIpc) is 3.26. The fraction of sp³-hybridized carbons (Fsp3) is 0.350. The number of nitro groups is 1. The van der Waals surface area contributed by atoms with Crippen molar-refractivity contribution in [2.75, 3.05) is 5.73 Å². The number of amides is 2. The summed E-state index contributed by atoms with van der Waals surface area (Å²) in [4.78, 5) is 57.1. The number of oxime groups is 1. The molecule has 0 unspecified atom stereocenters. The molecule has 1 aromatic carbocycles. The maximum Gasteiger partial charge on any atom is 1.00 e. The average molecular weight is 594 g/mol. The summed E-state index contributed by atoms with van der Waals surface area (Å²) in [6, 6.07) is 2.95. The smallest absolute Gasteiger partial charge is 0.458 e. The number of ether oxygens (including phenoxy) is 1. The molecule has 16 nitrogen and oxygen atoms in total. The van der Waals surface area contributed by atoms with Gasteiger partial charge in [-0.05, 0) is 38.5 Å². The number of rotatable bonds is 10. The number of non-ortho nitro benzene ring substituents is 1. The number of hydrogen-bond donors (Lipinski definition) is 3. The Labute approximate surface area is 247 Å². The summed E-state index contributed by atoms with van der Waals surface area (Å²) in [6.07, 6.45) is 0. The first-order valence-corrected chi connectivity index (χ1v) is 12.9. The molecule has 3 rings (SSSR count). The molecule has 2 atom stereocenters. The van der Waals surface area contributed by atoms with Gasteiger partial charge < -0.3 is 20.6 Å². The zero-order chi connectivity index (χ0) is 28.4. The third-order valence-corrected chi connectivity index (χ3v) is 6.91. The summed E-state index contributed by atoms with van der Waals surface area (Å²) in [5.74, 6) is -2.95. The molecule has 1 saturated heterocycles. The Morgan fingerprint density at radius 2 is 1.95 bits per heavy atom. The van der Waals surface area contributed by atoms with E-state index < -0.39 is 56.4 Å². The number of nitrogens with zero attached hydrogens (tertiary/aromatic N) is 4. The van der Waals surface area contributed by atoms with Crippen LogP contribution in [0.2, 0.25) is 0 Å². The van der Waals surface area contributed by atoms with E-state index >= 15 is 0 Å². The molecule has 1 aliphatic rings. The predicted octanol–water partition coefficient (Wildman–Crippen LogP) is -2.60. The SMILES string of the molecule is C[C@@H]1[C@H](NC(=O)C(=NOC(C)(C)C(=O)OCc2ccc([N+](=O)[O-])cc2)c2csc(N)n2)C(=O)N1S(=O)(=O)O.[Na+]. The van der Waals surface area contributed by atoms with Gasteiger partial charge in [0.1, 0.15) is 18.3 Å². The number of nitrogen functional groups attached to an aromatic ring is 1. The van der Waals surface area contributed by atoms with Gasteiger partial charge in [-0.3, -0.25) is 24.3 Å². The van der Waals surface area contributed by atoms with E-state index in [1.165, 1.54) is 50.4 Å². The largest absolute Gasteiger partial charge is 1.00 e. The Balaban J connectivity index is 0.00000533. The van der Waals surface area contributed by atoms with E-state index in [9.17, 15) is 32.9 Å². The first kappa shape index (κ1) is 32.1. The molecule has 0 bridgehead atoms. The minimum absolute atomic E-state index is 0. The Morgan fingerprint density at radius 1 is 1.33 bits per heavy atom. The van der Waals surface area contributed by atoms with Crippen molar-refractivity contribution in [3.05, 3.63) is 51.0 Å². The maximum atomic E-state index is 12.9. The van der Waals surface area contributed by atoms with E-state index in [1.54, 1.807) is 0 Å². The van der Waals surface area contributed by atoms with Gasteiger partial charge in [-0.15, -0.1) is 11.3 Å². The van der Waals surface area contributed by atoms with Crippen LogP contribution in [-0.2, 0) is 40.9 Å². The molecule has 1 fully saturated rings. The van der Waals surface area contributed by atoms with Crippen molar-refractivity contribution in [2.45, 2.75) is 45.1 Å². The molecule has 2 amide bonds. The molecule has 1 aliphatic heterocycles. The summed E-state index contributed by atoms with van der Waals surface area (Å²) in [5.41, 5.74) is 3.72. The normalized spacial score (nSPS) is 17.5. The number of nitrogens with two attached hydrogens (primary N) is 1. The number of benzene rings is 1. The molecule has 39 heavy (non-hydrogen) atoms. The number of anilines is 1. The van der Waals surface area contributed by atoms with Crippen LogP contribution < -0.4 is 40.6 Å². The van der Waals surface area contributed by atoms with Crippen LogP contribution in [0.15, 0.2) is 34.8 Å². The summed E-state index contributed by atoms with van der Waals surface area (Å²) < 4.78 is 37.1. The molecule has 0 radical (unpaired) electrons. The summed E-state index contributed by atoms with van der Waals surface area (Å²) in [7, 11) is -4.80. The summed E-state index contributed by atoms with van der Waals surface area (Å²) in [5, 5.41) is 18.2. The van der Waals surface area contributed by atoms with Crippen LogP contribution >= 0.6 is 11.3 Å². The number of carbonyl (C=O) groups is 3. The standard InChI is InChI=1S/C20H22N6O10S2.Na/c1-10-14(17(28)25(10)38(32,33)34)23-16(27)15(13-9-37-19(21)22-13)24-36-20(2,3)18(29)35-8-11-4-6-12(7-5-11)26(30)31;/h4-7,9-10,14H,8H2,1-3H3,(H2,21,22)(H,23,27)(H,32,33,34);/q;+1/t10-,14+;/m1./s1. The fourth-order valence-electron chi connectivity index (χ4n) is 3.15. The number of hydrogen-bond acceptors (Lipinski definition) is 13. The van der Waals surface area contributed by atoms with E-state index in [1.807, 2.05) is 0 Å². The predicted molar refractivity (Wildman–Crippen MR) is 131 cm³/mol. The number of nitrogens with one attached hydrogen (secondary N) is 1. The van der Waals surface area contributed by atoms with E-state index in [0.29, 0.717) is 5.56 Å². The van der Waals surface area contributed by atoms with Crippen LogP contribution in [-0.4, -0.2) is 68.4 Å². The number of nitro benzene ring substituents is 1. The molecule has 19 heteroatoms. The molecule has 4 N–H and O–H groups in total. The van der Waals surface area contributed by atoms with Gasteiger partial charge in [0.15, 0.2) is 10.8 Å². The Kier molecular flexibility index (Phi) is 10.1. The second kappa shape index (κ2) is 12.3. The van der Waals surface area contributed by atoms with Gasteiger partial charge in [0, 0.05) is 17.5 Å². The zero-order valence-electron chi connectivity index (χ0n) is 21.1. The van der Waals surface area contributed by atoms with Gasteiger partial charge in [0.05, 0.1) is 11.0 Å². The third-order valence-electron chi connectivity index (χ3n) is 5.22. The number of β-lactam (4-membered cyclic amide) rings is 1. The van der Waals surface area contributed by atoms with E-state index in [4.69, 9.17) is 19.9 Å². The quantitative estimate of drug-likeness (QED) is 0.0489. The van der Waals surface area contributed by atoms with Crippen molar-refractivity contribution in [1.29, 1.82) is 0 Å². The van der Waals surface area contributed by atoms with Crippen LogP contribution in [0.3, 0.4) is 0 Å². The van der Waals surface area contributed by atoms with Gasteiger partial charge in [0.25, 0.3) is 17.5 Å². The molecule has 0 aliphatic carbocycles. The van der Waals surface area contributed by atoms with Crippen molar-refractivity contribution >= 4 is 56.0 Å². The van der Waals surface area contributed by atoms with Gasteiger partial charge in [-0.1, -0.05) is 5.16 Å². The minimum Gasteiger partial charge on any atom is -0.458 e. The second-order valence-electron chi connectivity index (χ2n) is 8.42.